The maximum atomic E-state index is 10.3. The average Bonchev–Trinajstić information content (AvgIpc) is 2.39. The van der Waals surface area contributed by atoms with E-state index in [9.17, 15) is 5.11 Å². The van der Waals surface area contributed by atoms with Crippen molar-refractivity contribution < 1.29 is 5.11 Å². The van der Waals surface area contributed by atoms with Gasteiger partial charge < -0.3 is 5.11 Å². The molecule has 88 valence electrons. The highest BCUT2D eigenvalue weighted by molar-refractivity contribution is 6.30. The number of nitrogens with zero attached hydrogens (tertiary/aromatic N) is 1. The van der Waals surface area contributed by atoms with E-state index in [0.717, 1.165) is 11.1 Å². The normalized spacial score (nSPS) is 14.3. The number of halogens is 1. The van der Waals surface area contributed by atoms with Gasteiger partial charge in [0, 0.05) is 23.3 Å². The minimum absolute atomic E-state index is 0.0270. The minimum atomic E-state index is -0.533. The fourth-order valence-corrected chi connectivity index (χ4v) is 1.92. The molecule has 0 saturated carbocycles. The molecule has 0 aliphatic rings. The van der Waals surface area contributed by atoms with Crippen LogP contribution in [0.15, 0.2) is 48.8 Å². The second-order valence-electron chi connectivity index (χ2n) is 4.07. The van der Waals surface area contributed by atoms with Gasteiger partial charge in [-0.15, -0.1) is 0 Å². The van der Waals surface area contributed by atoms with Gasteiger partial charge in [-0.25, -0.2) is 0 Å². The topological polar surface area (TPSA) is 33.1 Å². The van der Waals surface area contributed by atoms with Gasteiger partial charge in [-0.3, -0.25) is 4.98 Å². The number of benzene rings is 1. The van der Waals surface area contributed by atoms with Crippen molar-refractivity contribution in [2.45, 2.75) is 18.9 Å². The number of aliphatic hydroxyl groups excluding tert-OH is 1. The third-order valence-electron chi connectivity index (χ3n) is 2.92. The highest BCUT2D eigenvalue weighted by Crippen LogP contribution is 2.30. The molecule has 0 amide bonds. The molecule has 0 aliphatic heterocycles. The van der Waals surface area contributed by atoms with E-state index < -0.39 is 6.10 Å². The molecule has 1 aromatic carbocycles. The lowest BCUT2D eigenvalue weighted by molar-refractivity contribution is 0.151. The summed E-state index contributed by atoms with van der Waals surface area (Å²) in [6.45, 7) is 1.99. The van der Waals surface area contributed by atoms with Gasteiger partial charge in [0.25, 0.3) is 0 Å². The minimum Gasteiger partial charge on any atom is -0.388 e. The van der Waals surface area contributed by atoms with Crippen molar-refractivity contribution in [3.05, 3.63) is 64.9 Å². The van der Waals surface area contributed by atoms with Crippen molar-refractivity contribution >= 4 is 11.6 Å². The van der Waals surface area contributed by atoms with Crippen molar-refractivity contribution in [3.8, 4) is 0 Å². The van der Waals surface area contributed by atoms with E-state index in [1.54, 1.807) is 24.5 Å². The third-order valence-corrected chi connectivity index (χ3v) is 3.17. The van der Waals surface area contributed by atoms with Gasteiger partial charge in [-0.1, -0.05) is 30.7 Å². The maximum Gasteiger partial charge on any atom is 0.0855 e. The lowest BCUT2D eigenvalue weighted by Gasteiger charge is -2.19. The van der Waals surface area contributed by atoms with Gasteiger partial charge in [0.05, 0.1) is 6.10 Å². The Kier molecular flexibility index (Phi) is 3.77. The molecule has 1 heterocycles. The molecule has 2 nitrogen and oxygen atoms in total. The molecule has 0 bridgehead atoms. The van der Waals surface area contributed by atoms with Gasteiger partial charge in [0.1, 0.15) is 0 Å². The van der Waals surface area contributed by atoms with E-state index in [2.05, 4.69) is 4.98 Å². The molecule has 2 rings (SSSR count). The first-order chi connectivity index (χ1) is 8.18. The predicted molar refractivity (Wildman–Crippen MR) is 69.1 cm³/mol. The Morgan fingerprint density at radius 2 is 1.59 bits per heavy atom. The monoisotopic (exact) mass is 247 g/mol. The summed E-state index contributed by atoms with van der Waals surface area (Å²) in [5.41, 5.74) is 1.95. The van der Waals surface area contributed by atoms with Crippen molar-refractivity contribution in [2.24, 2.45) is 0 Å². The summed E-state index contributed by atoms with van der Waals surface area (Å²) in [5.74, 6) is 0.0270. The second kappa shape index (κ2) is 5.30. The molecule has 1 N–H and O–H groups in total. The molecular formula is C14H14ClNO. The van der Waals surface area contributed by atoms with Gasteiger partial charge >= 0.3 is 0 Å². The quantitative estimate of drug-likeness (QED) is 0.900. The van der Waals surface area contributed by atoms with Crippen LogP contribution in [0.5, 0.6) is 0 Å². The molecule has 0 saturated heterocycles. The molecule has 0 unspecified atom stereocenters. The van der Waals surface area contributed by atoms with Crippen LogP contribution < -0.4 is 0 Å². The summed E-state index contributed by atoms with van der Waals surface area (Å²) in [5, 5.41) is 10.9. The SMILES string of the molecule is C[C@H](c1ccncc1)[C@@H](O)c1ccc(Cl)cc1. The van der Waals surface area contributed by atoms with Crippen LogP contribution in [0.1, 0.15) is 30.1 Å². The number of hydrogen-bond acceptors (Lipinski definition) is 2. The van der Waals surface area contributed by atoms with Crippen LogP contribution in [0.2, 0.25) is 5.02 Å². The van der Waals surface area contributed by atoms with Crippen LogP contribution in [0.3, 0.4) is 0 Å². The van der Waals surface area contributed by atoms with Gasteiger partial charge in [0.2, 0.25) is 0 Å². The molecule has 2 atom stereocenters. The molecule has 1 aromatic heterocycles. The van der Waals surface area contributed by atoms with Gasteiger partial charge in [0.15, 0.2) is 0 Å². The maximum absolute atomic E-state index is 10.3. The zero-order valence-corrected chi connectivity index (χ0v) is 10.3. The van der Waals surface area contributed by atoms with Crippen LogP contribution in [0.25, 0.3) is 0 Å². The zero-order valence-electron chi connectivity index (χ0n) is 9.55. The molecule has 0 aliphatic carbocycles. The fourth-order valence-electron chi connectivity index (χ4n) is 1.80. The third kappa shape index (κ3) is 2.84. The van der Waals surface area contributed by atoms with Crippen molar-refractivity contribution in [3.63, 3.8) is 0 Å². The summed E-state index contributed by atoms with van der Waals surface area (Å²) in [7, 11) is 0. The molecule has 3 heteroatoms. The van der Waals surface area contributed by atoms with E-state index in [-0.39, 0.29) is 5.92 Å². The van der Waals surface area contributed by atoms with Crippen LogP contribution in [-0.2, 0) is 0 Å². The van der Waals surface area contributed by atoms with Crippen LogP contribution in [0.4, 0.5) is 0 Å². The second-order valence-corrected chi connectivity index (χ2v) is 4.50. The van der Waals surface area contributed by atoms with Crippen molar-refractivity contribution in [1.29, 1.82) is 0 Å². The van der Waals surface area contributed by atoms with Crippen LogP contribution in [0, 0.1) is 0 Å². The van der Waals surface area contributed by atoms with Gasteiger partial charge in [-0.05, 0) is 35.4 Å². The van der Waals surface area contributed by atoms with E-state index in [0.29, 0.717) is 5.02 Å². The van der Waals surface area contributed by atoms with E-state index in [1.807, 2.05) is 31.2 Å². The van der Waals surface area contributed by atoms with E-state index in [1.165, 1.54) is 0 Å². The molecule has 2 aromatic rings. The smallest absolute Gasteiger partial charge is 0.0855 e. The molecule has 0 spiro atoms. The lowest BCUT2D eigenvalue weighted by Crippen LogP contribution is -2.07. The summed E-state index contributed by atoms with van der Waals surface area (Å²) in [6, 6.07) is 11.1. The molecule has 0 fully saturated rings. The Hall–Kier alpha value is -1.38. The Labute approximate surface area is 106 Å². The van der Waals surface area contributed by atoms with E-state index >= 15 is 0 Å². The first-order valence-electron chi connectivity index (χ1n) is 5.52. The number of aliphatic hydroxyl groups is 1. The zero-order chi connectivity index (χ0) is 12.3. The summed E-state index contributed by atoms with van der Waals surface area (Å²) in [6.07, 6.45) is 2.94. The average molecular weight is 248 g/mol. The number of pyridine rings is 1. The number of rotatable bonds is 3. The number of hydrogen-bond donors (Lipinski definition) is 1. The first-order valence-corrected chi connectivity index (χ1v) is 5.89. The van der Waals surface area contributed by atoms with E-state index in [4.69, 9.17) is 11.6 Å². The van der Waals surface area contributed by atoms with Crippen LogP contribution in [-0.4, -0.2) is 10.1 Å². The first kappa shape index (κ1) is 12.1. The highest BCUT2D eigenvalue weighted by atomic mass is 35.5. The molecule has 0 radical (unpaired) electrons. The Bertz CT molecular complexity index is 469. The fraction of sp³-hybridized carbons (Fsp3) is 0.214. The van der Waals surface area contributed by atoms with Crippen LogP contribution >= 0.6 is 11.6 Å². The summed E-state index contributed by atoms with van der Waals surface area (Å²) >= 11 is 5.82. The van der Waals surface area contributed by atoms with Gasteiger partial charge in [-0.2, -0.15) is 0 Å². The van der Waals surface area contributed by atoms with Crippen molar-refractivity contribution in [1.82, 2.24) is 4.98 Å². The number of aromatic nitrogens is 1. The van der Waals surface area contributed by atoms with Crippen molar-refractivity contribution in [2.75, 3.05) is 0 Å². The highest BCUT2D eigenvalue weighted by Gasteiger charge is 2.17. The predicted octanol–water partition coefficient (Wildman–Crippen LogP) is 3.57. The molecule has 17 heavy (non-hydrogen) atoms. The lowest BCUT2D eigenvalue weighted by atomic mass is 9.91. The Balaban J connectivity index is 2.20. The summed E-state index contributed by atoms with van der Waals surface area (Å²) in [4.78, 5) is 3.97. The Morgan fingerprint density at radius 3 is 2.18 bits per heavy atom. The largest absolute Gasteiger partial charge is 0.388 e. The standard InChI is InChI=1S/C14H14ClNO/c1-10(11-6-8-16-9-7-11)14(17)12-2-4-13(15)5-3-12/h2-10,14,17H,1H3/t10-,14-/m1/s1. The summed E-state index contributed by atoms with van der Waals surface area (Å²) < 4.78 is 0. The molecular weight excluding hydrogens is 234 g/mol. The Morgan fingerprint density at radius 1 is 1.00 bits per heavy atom.